The van der Waals surface area contributed by atoms with Crippen molar-refractivity contribution in [1.29, 1.82) is 0 Å². The number of nitrogens with one attached hydrogen (secondary N) is 2. The molecule has 0 aliphatic carbocycles. The van der Waals surface area contributed by atoms with Crippen molar-refractivity contribution in [2.45, 2.75) is 19.0 Å². The first-order chi connectivity index (χ1) is 13.9. The molecule has 0 atom stereocenters. The maximum absolute atomic E-state index is 13.0. The third-order valence-electron chi connectivity index (χ3n) is 3.83. The van der Waals surface area contributed by atoms with Crippen LogP contribution in [0.15, 0.2) is 48.8 Å². The van der Waals surface area contributed by atoms with Crippen LogP contribution in [0, 0.1) is 0 Å². The lowest BCUT2D eigenvalue weighted by atomic mass is 10.1. The second-order valence-corrected chi connectivity index (χ2v) is 5.97. The van der Waals surface area contributed by atoms with Crippen molar-refractivity contribution in [3.8, 4) is 5.82 Å². The molecule has 3 aromatic rings. The molecule has 0 bridgehead atoms. The molecule has 29 heavy (non-hydrogen) atoms. The van der Waals surface area contributed by atoms with E-state index in [1.54, 1.807) is 12.3 Å². The van der Waals surface area contributed by atoms with Crippen molar-refractivity contribution in [2.24, 2.45) is 0 Å². The quantitative estimate of drug-likeness (QED) is 0.598. The maximum atomic E-state index is 13.0. The molecule has 152 valence electrons. The lowest BCUT2D eigenvalue weighted by molar-refractivity contribution is -0.136. The molecular formula is C18H16F4N6O. The van der Waals surface area contributed by atoms with E-state index in [2.05, 4.69) is 25.9 Å². The number of pyridine rings is 1. The molecule has 2 N–H and O–H groups in total. The Labute approximate surface area is 162 Å². The number of carbonyl (C=O) groups excluding carboxylic acids is 1. The molecule has 0 spiro atoms. The van der Waals surface area contributed by atoms with Gasteiger partial charge in [-0.05, 0) is 37.1 Å². The lowest BCUT2D eigenvalue weighted by Crippen LogP contribution is -2.22. The zero-order valence-corrected chi connectivity index (χ0v) is 14.9. The van der Waals surface area contributed by atoms with Crippen LogP contribution in [-0.2, 0) is 12.6 Å². The minimum Gasteiger partial charge on any atom is -0.307 e. The molecule has 2 amide bonds. The number of rotatable bonds is 6. The molecule has 0 radical (unpaired) electrons. The van der Waals surface area contributed by atoms with E-state index in [-0.39, 0.29) is 11.4 Å². The first-order valence-electron chi connectivity index (χ1n) is 8.54. The number of benzene rings is 1. The fourth-order valence-electron chi connectivity index (χ4n) is 2.49. The summed E-state index contributed by atoms with van der Waals surface area (Å²) in [7, 11) is 0. The van der Waals surface area contributed by atoms with Gasteiger partial charge in [-0.3, -0.25) is 4.39 Å². The van der Waals surface area contributed by atoms with E-state index >= 15 is 0 Å². The van der Waals surface area contributed by atoms with Crippen LogP contribution in [0.4, 0.5) is 33.7 Å². The predicted molar refractivity (Wildman–Crippen MR) is 97.5 cm³/mol. The Kier molecular flexibility index (Phi) is 6.05. The Hall–Kier alpha value is -3.50. The normalized spacial score (nSPS) is 11.3. The van der Waals surface area contributed by atoms with Crippen molar-refractivity contribution < 1.29 is 22.4 Å². The summed E-state index contributed by atoms with van der Waals surface area (Å²) in [6.07, 6.45) is -0.843. The van der Waals surface area contributed by atoms with E-state index < -0.39 is 24.4 Å². The van der Waals surface area contributed by atoms with Gasteiger partial charge in [0.05, 0.1) is 41.7 Å². The van der Waals surface area contributed by atoms with Crippen LogP contribution >= 0.6 is 0 Å². The summed E-state index contributed by atoms with van der Waals surface area (Å²) < 4.78 is 52.6. The number of aryl methyl sites for hydroxylation is 1. The topological polar surface area (TPSA) is 84.7 Å². The zero-order chi connectivity index (χ0) is 20.9. The Morgan fingerprint density at radius 3 is 2.59 bits per heavy atom. The minimum absolute atomic E-state index is 0.272. The van der Waals surface area contributed by atoms with Gasteiger partial charge in [0.25, 0.3) is 0 Å². The van der Waals surface area contributed by atoms with Crippen molar-refractivity contribution in [1.82, 2.24) is 20.0 Å². The fourth-order valence-corrected chi connectivity index (χ4v) is 2.49. The molecule has 0 saturated heterocycles. The van der Waals surface area contributed by atoms with Gasteiger partial charge in [-0.1, -0.05) is 17.3 Å². The molecule has 0 fully saturated rings. The van der Waals surface area contributed by atoms with Gasteiger partial charge in [-0.25, -0.2) is 14.5 Å². The lowest BCUT2D eigenvalue weighted by Gasteiger charge is -2.14. The number of halogens is 4. The monoisotopic (exact) mass is 408 g/mol. The smallest absolute Gasteiger partial charge is 0.307 e. The van der Waals surface area contributed by atoms with Crippen LogP contribution in [0.1, 0.15) is 17.7 Å². The third kappa shape index (κ3) is 5.27. The average molecular weight is 408 g/mol. The molecule has 0 unspecified atom stereocenters. The number of para-hydroxylation sites is 1. The molecule has 0 aliphatic rings. The van der Waals surface area contributed by atoms with Crippen molar-refractivity contribution in [3.63, 3.8) is 0 Å². The summed E-state index contributed by atoms with van der Waals surface area (Å²) in [6.45, 7) is -0.443. The first-order valence-corrected chi connectivity index (χ1v) is 8.54. The SMILES string of the molecule is O=C(Nc1ccc(-n2cc(CCCF)nn2)nc1)Nc1ccccc1C(F)(F)F. The molecule has 0 aliphatic heterocycles. The average Bonchev–Trinajstić information content (AvgIpc) is 3.15. The maximum Gasteiger partial charge on any atom is 0.418 e. The van der Waals surface area contributed by atoms with E-state index in [1.165, 1.54) is 29.1 Å². The number of hydrogen-bond donors (Lipinski definition) is 2. The second-order valence-electron chi connectivity index (χ2n) is 5.97. The van der Waals surface area contributed by atoms with Gasteiger partial charge in [0, 0.05) is 0 Å². The summed E-state index contributed by atoms with van der Waals surface area (Å²) in [6, 6.07) is 6.89. The summed E-state index contributed by atoms with van der Waals surface area (Å²) in [4.78, 5) is 16.2. The van der Waals surface area contributed by atoms with Gasteiger partial charge < -0.3 is 10.6 Å². The van der Waals surface area contributed by atoms with Gasteiger partial charge in [-0.2, -0.15) is 13.2 Å². The molecular weight excluding hydrogens is 392 g/mol. The number of alkyl halides is 4. The number of amides is 2. The number of hydrogen-bond acceptors (Lipinski definition) is 4. The number of anilines is 2. The highest BCUT2D eigenvalue weighted by Gasteiger charge is 2.33. The van der Waals surface area contributed by atoms with E-state index in [9.17, 15) is 22.4 Å². The number of carbonyl (C=O) groups is 1. The van der Waals surface area contributed by atoms with Crippen LogP contribution < -0.4 is 10.6 Å². The highest BCUT2D eigenvalue weighted by molar-refractivity contribution is 6.00. The predicted octanol–water partition coefficient (Wildman–Crippen LogP) is 4.23. The molecule has 0 saturated carbocycles. The van der Waals surface area contributed by atoms with E-state index in [1.807, 2.05) is 0 Å². The summed E-state index contributed by atoms with van der Waals surface area (Å²) in [5.41, 5.74) is -0.410. The van der Waals surface area contributed by atoms with Crippen molar-refractivity contribution in [2.75, 3.05) is 17.3 Å². The molecule has 2 aromatic heterocycles. The molecule has 2 heterocycles. The van der Waals surface area contributed by atoms with E-state index in [0.29, 0.717) is 24.4 Å². The van der Waals surface area contributed by atoms with Crippen molar-refractivity contribution >= 4 is 17.4 Å². The molecule has 7 nitrogen and oxygen atoms in total. The van der Waals surface area contributed by atoms with Crippen LogP contribution in [0.25, 0.3) is 5.82 Å². The highest BCUT2D eigenvalue weighted by atomic mass is 19.4. The standard InChI is InChI=1S/C18H16F4N6O/c19-9-3-4-13-11-28(27-26-13)16-8-7-12(10-23-16)24-17(29)25-15-6-2-1-5-14(15)18(20,21)22/h1-2,5-8,10-11H,3-4,9H2,(H2,24,25,29). The summed E-state index contributed by atoms with van der Waals surface area (Å²) in [5, 5.41) is 12.4. The van der Waals surface area contributed by atoms with Gasteiger partial charge in [0.1, 0.15) is 0 Å². The van der Waals surface area contributed by atoms with Crippen LogP contribution in [0.2, 0.25) is 0 Å². The number of nitrogens with zero attached hydrogens (tertiary/aromatic N) is 4. The van der Waals surface area contributed by atoms with Crippen LogP contribution in [-0.4, -0.2) is 32.7 Å². The fraction of sp³-hybridized carbons (Fsp3) is 0.222. The Bertz CT molecular complexity index is 971. The van der Waals surface area contributed by atoms with E-state index in [4.69, 9.17) is 0 Å². The Morgan fingerprint density at radius 2 is 1.90 bits per heavy atom. The highest BCUT2D eigenvalue weighted by Crippen LogP contribution is 2.34. The Balaban J connectivity index is 1.64. The number of aromatic nitrogens is 4. The van der Waals surface area contributed by atoms with E-state index in [0.717, 1.165) is 12.1 Å². The molecule has 1 aromatic carbocycles. The van der Waals surface area contributed by atoms with Crippen LogP contribution in [0.3, 0.4) is 0 Å². The first kappa shape index (κ1) is 20.2. The summed E-state index contributed by atoms with van der Waals surface area (Å²) >= 11 is 0. The van der Waals surface area contributed by atoms with Crippen LogP contribution in [0.5, 0.6) is 0 Å². The van der Waals surface area contributed by atoms with Gasteiger partial charge in [0.15, 0.2) is 5.82 Å². The minimum atomic E-state index is -4.59. The third-order valence-corrected chi connectivity index (χ3v) is 3.83. The van der Waals surface area contributed by atoms with Gasteiger partial charge in [0.2, 0.25) is 0 Å². The van der Waals surface area contributed by atoms with Gasteiger partial charge in [-0.15, -0.1) is 5.10 Å². The largest absolute Gasteiger partial charge is 0.418 e. The zero-order valence-electron chi connectivity index (χ0n) is 14.9. The van der Waals surface area contributed by atoms with Gasteiger partial charge >= 0.3 is 12.2 Å². The molecule has 3 rings (SSSR count). The number of urea groups is 1. The van der Waals surface area contributed by atoms with Crippen molar-refractivity contribution in [3.05, 3.63) is 60.0 Å². The second kappa shape index (κ2) is 8.67. The summed E-state index contributed by atoms with van der Waals surface area (Å²) in [5.74, 6) is 0.414. The Morgan fingerprint density at radius 1 is 1.10 bits per heavy atom. The molecule has 11 heteroatoms.